The van der Waals surface area contributed by atoms with E-state index in [4.69, 9.17) is 16.3 Å². The van der Waals surface area contributed by atoms with Gasteiger partial charge in [0, 0.05) is 5.56 Å². The van der Waals surface area contributed by atoms with Gasteiger partial charge < -0.3 is 4.74 Å². The maximum absolute atomic E-state index is 12.3. The molecule has 1 amide bonds. The van der Waals surface area contributed by atoms with Gasteiger partial charge in [-0.3, -0.25) is 10.1 Å². The molecule has 4 nitrogen and oxygen atoms in total. The van der Waals surface area contributed by atoms with E-state index in [2.05, 4.69) is 10.3 Å². The summed E-state index contributed by atoms with van der Waals surface area (Å²) >= 11 is 7.56. The normalized spacial score (nSPS) is 10.7. The van der Waals surface area contributed by atoms with Crippen LogP contribution in [0, 0.1) is 6.92 Å². The number of carbonyl (C=O) groups is 1. The standard InChI is InChI=1S/C17H15ClN2O2S/c1-3-22-12-7-5-11(6-8-12)16(21)20-17-19-14-10(2)4-9-13(18)15(14)23-17/h4-9H,3H2,1-2H3,(H,19,20,21). The number of anilines is 1. The zero-order valence-corrected chi connectivity index (χ0v) is 14.3. The van der Waals surface area contributed by atoms with Crippen LogP contribution in [0.15, 0.2) is 36.4 Å². The molecule has 0 unspecified atom stereocenters. The highest BCUT2D eigenvalue weighted by Gasteiger charge is 2.13. The first-order valence-electron chi connectivity index (χ1n) is 7.18. The fourth-order valence-corrected chi connectivity index (χ4v) is 3.41. The highest BCUT2D eigenvalue weighted by Crippen LogP contribution is 2.34. The summed E-state index contributed by atoms with van der Waals surface area (Å²) in [6.45, 7) is 4.48. The average molecular weight is 347 g/mol. The van der Waals surface area contributed by atoms with Crippen LogP contribution >= 0.6 is 22.9 Å². The van der Waals surface area contributed by atoms with Gasteiger partial charge in [-0.25, -0.2) is 4.98 Å². The second-order valence-electron chi connectivity index (χ2n) is 4.97. The van der Waals surface area contributed by atoms with Crippen molar-refractivity contribution in [1.82, 2.24) is 4.98 Å². The first-order valence-corrected chi connectivity index (χ1v) is 8.37. The Bertz CT molecular complexity index is 820. The highest BCUT2D eigenvalue weighted by atomic mass is 35.5. The number of benzene rings is 2. The van der Waals surface area contributed by atoms with Gasteiger partial charge in [-0.2, -0.15) is 0 Å². The monoisotopic (exact) mass is 346 g/mol. The predicted octanol–water partition coefficient (Wildman–Crippen LogP) is 4.91. The van der Waals surface area contributed by atoms with Crippen molar-refractivity contribution >= 4 is 44.2 Å². The van der Waals surface area contributed by atoms with Gasteiger partial charge in [0.2, 0.25) is 0 Å². The average Bonchev–Trinajstić information content (AvgIpc) is 2.97. The summed E-state index contributed by atoms with van der Waals surface area (Å²) in [6, 6.07) is 10.8. The van der Waals surface area contributed by atoms with E-state index < -0.39 is 0 Å². The van der Waals surface area contributed by atoms with Crippen molar-refractivity contribution in [3.8, 4) is 5.75 Å². The molecule has 118 valence electrons. The minimum atomic E-state index is -0.208. The number of aromatic nitrogens is 1. The third-order valence-corrected chi connectivity index (χ3v) is 4.78. The molecular formula is C17H15ClN2O2S. The van der Waals surface area contributed by atoms with Crippen LogP contribution in [-0.2, 0) is 0 Å². The summed E-state index contributed by atoms with van der Waals surface area (Å²) < 4.78 is 6.25. The molecule has 23 heavy (non-hydrogen) atoms. The maximum atomic E-state index is 12.3. The quantitative estimate of drug-likeness (QED) is 0.730. The Balaban J connectivity index is 1.82. The number of hydrogen-bond donors (Lipinski definition) is 1. The molecule has 1 aromatic heterocycles. The third-order valence-electron chi connectivity index (χ3n) is 3.35. The molecule has 0 aliphatic carbocycles. The Morgan fingerprint density at radius 1 is 1.26 bits per heavy atom. The van der Waals surface area contributed by atoms with E-state index in [0.29, 0.717) is 22.3 Å². The van der Waals surface area contributed by atoms with Crippen molar-refractivity contribution in [3.05, 3.63) is 52.5 Å². The van der Waals surface area contributed by atoms with Crippen LogP contribution in [0.25, 0.3) is 10.2 Å². The molecule has 3 rings (SSSR count). The van der Waals surface area contributed by atoms with Gasteiger partial charge in [0.25, 0.3) is 5.91 Å². The first-order chi connectivity index (χ1) is 11.1. The number of carbonyl (C=O) groups excluding carboxylic acids is 1. The van der Waals surface area contributed by atoms with Crippen molar-refractivity contribution < 1.29 is 9.53 Å². The van der Waals surface area contributed by atoms with Crippen molar-refractivity contribution in [2.24, 2.45) is 0 Å². The minimum absolute atomic E-state index is 0.208. The fourth-order valence-electron chi connectivity index (χ4n) is 2.19. The third kappa shape index (κ3) is 3.30. The number of ether oxygens (including phenoxy) is 1. The number of halogens is 1. The number of aryl methyl sites for hydroxylation is 1. The van der Waals surface area contributed by atoms with E-state index in [1.165, 1.54) is 11.3 Å². The summed E-state index contributed by atoms with van der Waals surface area (Å²) in [5.74, 6) is 0.535. The van der Waals surface area contributed by atoms with E-state index in [0.717, 1.165) is 21.5 Å². The fraction of sp³-hybridized carbons (Fsp3) is 0.176. The smallest absolute Gasteiger partial charge is 0.257 e. The van der Waals surface area contributed by atoms with E-state index in [-0.39, 0.29) is 5.91 Å². The Labute approximate surface area is 143 Å². The number of nitrogens with zero attached hydrogens (tertiary/aromatic N) is 1. The molecule has 1 heterocycles. The summed E-state index contributed by atoms with van der Waals surface area (Å²) in [7, 11) is 0. The lowest BCUT2D eigenvalue weighted by atomic mass is 10.2. The predicted molar refractivity (Wildman–Crippen MR) is 94.9 cm³/mol. The molecule has 0 aliphatic rings. The number of nitrogens with one attached hydrogen (secondary N) is 1. The largest absolute Gasteiger partial charge is 0.494 e. The zero-order valence-electron chi connectivity index (χ0n) is 12.7. The topological polar surface area (TPSA) is 51.2 Å². The van der Waals surface area contributed by atoms with Crippen LogP contribution in [0.4, 0.5) is 5.13 Å². The number of rotatable bonds is 4. The number of amides is 1. The van der Waals surface area contributed by atoms with Crippen LogP contribution in [0.2, 0.25) is 5.02 Å². The molecule has 0 saturated heterocycles. The lowest BCUT2D eigenvalue weighted by molar-refractivity contribution is 0.102. The van der Waals surface area contributed by atoms with Crippen LogP contribution in [0.3, 0.4) is 0 Å². The van der Waals surface area contributed by atoms with Gasteiger partial charge in [-0.05, 0) is 49.7 Å². The number of fused-ring (bicyclic) bond motifs is 1. The summed E-state index contributed by atoms with van der Waals surface area (Å²) in [6.07, 6.45) is 0. The van der Waals surface area contributed by atoms with E-state index >= 15 is 0 Å². The second kappa shape index (κ2) is 6.56. The molecule has 0 bridgehead atoms. The van der Waals surface area contributed by atoms with E-state index in [9.17, 15) is 4.79 Å². The molecule has 0 atom stereocenters. The zero-order chi connectivity index (χ0) is 16.4. The van der Waals surface area contributed by atoms with Gasteiger partial charge in [0.15, 0.2) is 5.13 Å². The number of hydrogen-bond acceptors (Lipinski definition) is 4. The van der Waals surface area contributed by atoms with Crippen LogP contribution in [0.5, 0.6) is 5.75 Å². The molecule has 0 fully saturated rings. The molecule has 0 spiro atoms. The van der Waals surface area contributed by atoms with Crippen molar-refractivity contribution in [2.75, 3.05) is 11.9 Å². The molecular weight excluding hydrogens is 332 g/mol. The molecule has 3 aromatic rings. The minimum Gasteiger partial charge on any atom is -0.494 e. The molecule has 1 N–H and O–H groups in total. The van der Waals surface area contributed by atoms with Crippen LogP contribution in [0.1, 0.15) is 22.8 Å². The van der Waals surface area contributed by atoms with Gasteiger partial charge in [0.05, 0.1) is 21.8 Å². The molecule has 6 heteroatoms. The van der Waals surface area contributed by atoms with E-state index in [1.807, 2.05) is 26.0 Å². The first kappa shape index (κ1) is 15.8. The van der Waals surface area contributed by atoms with Gasteiger partial charge in [-0.15, -0.1) is 0 Å². The lowest BCUT2D eigenvalue weighted by Crippen LogP contribution is -2.11. The molecule has 0 saturated carbocycles. The Hall–Kier alpha value is -2.11. The van der Waals surface area contributed by atoms with Crippen LogP contribution in [-0.4, -0.2) is 17.5 Å². The Kier molecular flexibility index (Phi) is 4.50. The second-order valence-corrected chi connectivity index (χ2v) is 6.38. The van der Waals surface area contributed by atoms with Gasteiger partial charge >= 0.3 is 0 Å². The Morgan fingerprint density at radius 3 is 2.65 bits per heavy atom. The summed E-state index contributed by atoms with van der Waals surface area (Å²) in [5.41, 5.74) is 2.40. The molecule has 0 aliphatic heterocycles. The molecule has 2 aromatic carbocycles. The summed E-state index contributed by atoms with van der Waals surface area (Å²) in [4.78, 5) is 16.8. The summed E-state index contributed by atoms with van der Waals surface area (Å²) in [5, 5.41) is 4.00. The lowest BCUT2D eigenvalue weighted by Gasteiger charge is -2.04. The maximum Gasteiger partial charge on any atom is 0.257 e. The molecule has 0 radical (unpaired) electrons. The van der Waals surface area contributed by atoms with Gasteiger partial charge in [0.1, 0.15) is 5.75 Å². The van der Waals surface area contributed by atoms with Crippen molar-refractivity contribution in [1.29, 1.82) is 0 Å². The van der Waals surface area contributed by atoms with Crippen molar-refractivity contribution in [3.63, 3.8) is 0 Å². The van der Waals surface area contributed by atoms with Gasteiger partial charge in [-0.1, -0.05) is 29.0 Å². The Morgan fingerprint density at radius 2 is 2.00 bits per heavy atom. The van der Waals surface area contributed by atoms with E-state index in [1.54, 1.807) is 24.3 Å². The highest BCUT2D eigenvalue weighted by molar-refractivity contribution is 7.23. The number of thiazole rings is 1. The van der Waals surface area contributed by atoms with Crippen molar-refractivity contribution in [2.45, 2.75) is 13.8 Å². The van der Waals surface area contributed by atoms with Crippen LogP contribution < -0.4 is 10.1 Å². The SMILES string of the molecule is CCOc1ccc(C(=O)Nc2nc3c(C)ccc(Cl)c3s2)cc1.